The maximum absolute atomic E-state index is 11.8. The van der Waals surface area contributed by atoms with Crippen molar-refractivity contribution >= 4 is 11.9 Å². The molecule has 2 fully saturated rings. The van der Waals surface area contributed by atoms with Gasteiger partial charge in [0.15, 0.2) is 0 Å². The highest BCUT2D eigenvalue weighted by atomic mass is 16.5. The molecule has 1 saturated heterocycles. The Labute approximate surface area is 93.7 Å². The molecule has 0 spiro atoms. The maximum atomic E-state index is 11.8. The van der Waals surface area contributed by atoms with Gasteiger partial charge in [-0.15, -0.1) is 0 Å². The topological polar surface area (TPSA) is 72.8 Å². The first-order valence-electron chi connectivity index (χ1n) is 5.44. The highest BCUT2D eigenvalue weighted by Gasteiger charge is 2.56. The lowest BCUT2D eigenvalue weighted by atomic mass is 9.61. The number of carboxylic acids is 1. The van der Waals surface area contributed by atoms with Crippen molar-refractivity contribution in [3.63, 3.8) is 0 Å². The monoisotopic (exact) mass is 228 g/mol. The number of fused-ring (bicyclic) bond motifs is 2. The van der Waals surface area contributed by atoms with Crippen LogP contribution in [0.2, 0.25) is 0 Å². The van der Waals surface area contributed by atoms with E-state index >= 15 is 0 Å². The van der Waals surface area contributed by atoms with Gasteiger partial charge in [-0.05, 0) is 19.3 Å². The van der Waals surface area contributed by atoms with Crippen molar-refractivity contribution in [3.8, 4) is 0 Å². The van der Waals surface area contributed by atoms with Gasteiger partial charge in [0, 0.05) is 0 Å². The number of hydrogen-bond donors (Lipinski definition) is 1. The van der Waals surface area contributed by atoms with E-state index in [0.717, 1.165) is 6.42 Å². The van der Waals surface area contributed by atoms with Gasteiger partial charge in [0.05, 0.1) is 31.2 Å². The summed E-state index contributed by atoms with van der Waals surface area (Å²) in [5, 5.41) is 9.28. The Hall–Kier alpha value is -1.10. The smallest absolute Gasteiger partial charge is 0.314 e. The summed E-state index contributed by atoms with van der Waals surface area (Å²) in [6, 6.07) is 0. The third kappa shape index (κ3) is 1.50. The predicted molar refractivity (Wildman–Crippen MR) is 53.8 cm³/mol. The molecule has 1 saturated carbocycles. The number of ether oxygens (including phenoxy) is 2. The average Bonchev–Trinajstić information content (AvgIpc) is 2.28. The number of carbonyl (C=O) groups is 2. The molecule has 0 amide bonds. The molecule has 1 N–H and O–H groups in total. The van der Waals surface area contributed by atoms with E-state index in [2.05, 4.69) is 0 Å². The van der Waals surface area contributed by atoms with Crippen LogP contribution in [-0.2, 0) is 19.1 Å². The summed E-state index contributed by atoms with van der Waals surface area (Å²) >= 11 is 0. The van der Waals surface area contributed by atoms with Crippen LogP contribution in [0, 0.1) is 10.8 Å². The van der Waals surface area contributed by atoms with Gasteiger partial charge >= 0.3 is 11.9 Å². The summed E-state index contributed by atoms with van der Waals surface area (Å²) in [5.74, 6) is -1.20. The summed E-state index contributed by atoms with van der Waals surface area (Å²) in [6.07, 6.45) is 2.34. The second kappa shape index (κ2) is 3.73. The van der Waals surface area contributed by atoms with E-state index in [1.807, 2.05) is 0 Å². The van der Waals surface area contributed by atoms with Crippen molar-refractivity contribution in [1.82, 2.24) is 0 Å². The summed E-state index contributed by atoms with van der Waals surface area (Å²) in [6.45, 7) is 0.496. The number of aliphatic carboxylic acids is 1. The van der Waals surface area contributed by atoms with Gasteiger partial charge in [-0.25, -0.2) is 0 Å². The molecule has 2 aliphatic rings. The van der Waals surface area contributed by atoms with Crippen LogP contribution >= 0.6 is 0 Å². The first-order valence-corrected chi connectivity index (χ1v) is 5.44. The molecule has 2 unspecified atom stereocenters. The second-order valence-electron chi connectivity index (χ2n) is 4.88. The molecule has 2 rings (SSSR count). The Morgan fingerprint density at radius 2 is 1.88 bits per heavy atom. The fraction of sp³-hybridized carbons (Fsp3) is 0.818. The lowest BCUT2D eigenvalue weighted by Gasteiger charge is -2.47. The van der Waals surface area contributed by atoms with Crippen molar-refractivity contribution in [2.45, 2.75) is 25.7 Å². The fourth-order valence-electron chi connectivity index (χ4n) is 2.97. The highest BCUT2D eigenvalue weighted by Crippen LogP contribution is 2.50. The van der Waals surface area contributed by atoms with Crippen molar-refractivity contribution in [2.24, 2.45) is 10.8 Å². The first kappa shape index (κ1) is 11.4. The van der Waals surface area contributed by atoms with E-state index in [-0.39, 0.29) is 19.2 Å². The lowest BCUT2D eigenvalue weighted by Crippen LogP contribution is -2.54. The molecule has 2 bridgehead atoms. The van der Waals surface area contributed by atoms with Crippen LogP contribution in [0.1, 0.15) is 25.7 Å². The molecule has 1 aliphatic carbocycles. The number of rotatable bonds is 2. The molecule has 0 aromatic heterocycles. The Bertz CT molecular complexity index is 312. The van der Waals surface area contributed by atoms with E-state index in [4.69, 9.17) is 9.47 Å². The summed E-state index contributed by atoms with van der Waals surface area (Å²) in [7, 11) is 1.34. The van der Waals surface area contributed by atoms with E-state index in [1.165, 1.54) is 7.11 Å². The minimum Gasteiger partial charge on any atom is -0.481 e. The van der Waals surface area contributed by atoms with Gasteiger partial charge in [0.25, 0.3) is 0 Å². The zero-order valence-electron chi connectivity index (χ0n) is 9.32. The summed E-state index contributed by atoms with van der Waals surface area (Å²) in [4.78, 5) is 23.1. The molecule has 16 heavy (non-hydrogen) atoms. The quantitative estimate of drug-likeness (QED) is 0.708. The van der Waals surface area contributed by atoms with Gasteiger partial charge < -0.3 is 14.6 Å². The number of carboxylic acid groups (broad SMARTS) is 1. The Morgan fingerprint density at radius 3 is 2.50 bits per heavy atom. The summed E-state index contributed by atoms with van der Waals surface area (Å²) in [5.41, 5.74) is -1.62. The SMILES string of the molecule is COC(=O)C12CCCC(C(=O)O)(COC1)C2. The number of carbonyl (C=O) groups excluding carboxylic acids is 1. The van der Waals surface area contributed by atoms with Crippen molar-refractivity contribution < 1.29 is 24.2 Å². The zero-order valence-corrected chi connectivity index (χ0v) is 9.32. The molecular formula is C11H16O5. The van der Waals surface area contributed by atoms with Crippen LogP contribution in [0.5, 0.6) is 0 Å². The standard InChI is InChI=1S/C11H16O5/c1-15-9(14)11-4-2-3-10(5-11,8(12)13)6-16-7-11/h2-7H2,1H3,(H,12,13). The van der Waals surface area contributed by atoms with Gasteiger partial charge in [0.2, 0.25) is 0 Å². The van der Waals surface area contributed by atoms with Crippen LogP contribution in [0.25, 0.3) is 0 Å². The third-order valence-electron chi connectivity index (χ3n) is 3.82. The Kier molecular flexibility index (Phi) is 2.66. The molecule has 1 aliphatic heterocycles. The normalized spacial score (nSPS) is 37.8. The van der Waals surface area contributed by atoms with Crippen LogP contribution in [0.15, 0.2) is 0 Å². The van der Waals surface area contributed by atoms with Crippen molar-refractivity contribution in [2.75, 3.05) is 20.3 Å². The van der Waals surface area contributed by atoms with Crippen LogP contribution in [-0.4, -0.2) is 37.4 Å². The third-order valence-corrected chi connectivity index (χ3v) is 3.82. The summed E-state index contributed by atoms with van der Waals surface area (Å²) < 4.78 is 10.1. The molecular weight excluding hydrogens is 212 g/mol. The minimum atomic E-state index is -0.884. The van der Waals surface area contributed by atoms with Gasteiger partial charge in [-0.1, -0.05) is 6.42 Å². The average molecular weight is 228 g/mol. The Morgan fingerprint density at radius 1 is 1.25 bits per heavy atom. The molecule has 0 radical (unpaired) electrons. The molecule has 5 nitrogen and oxygen atoms in total. The van der Waals surface area contributed by atoms with Crippen LogP contribution < -0.4 is 0 Å². The largest absolute Gasteiger partial charge is 0.481 e. The molecule has 90 valence electrons. The van der Waals surface area contributed by atoms with Gasteiger partial charge in [0.1, 0.15) is 0 Å². The molecule has 5 heteroatoms. The van der Waals surface area contributed by atoms with E-state index in [1.54, 1.807) is 0 Å². The number of hydrogen-bond acceptors (Lipinski definition) is 4. The number of esters is 1. The van der Waals surface area contributed by atoms with Gasteiger partial charge in [-0.3, -0.25) is 9.59 Å². The minimum absolute atomic E-state index is 0.209. The Balaban J connectivity index is 2.29. The molecule has 1 heterocycles. The lowest BCUT2D eigenvalue weighted by molar-refractivity contribution is -0.190. The number of methoxy groups -OCH3 is 1. The predicted octanol–water partition coefficient (Wildman–Crippen LogP) is 0.821. The fourth-order valence-corrected chi connectivity index (χ4v) is 2.97. The first-order chi connectivity index (χ1) is 7.55. The van der Waals surface area contributed by atoms with Crippen molar-refractivity contribution in [1.29, 1.82) is 0 Å². The second-order valence-corrected chi connectivity index (χ2v) is 4.88. The molecule has 0 aromatic carbocycles. The van der Waals surface area contributed by atoms with Crippen molar-refractivity contribution in [3.05, 3.63) is 0 Å². The van der Waals surface area contributed by atoms with E-state index < -0.39 is 16.8 Å². The van der Waals surface area contributed by atoms with E-state index in [9.17, 15) is 14.7 Å². The van der Waals surface area contributed by atoms with Crippen LogP contribution in [0.3, 0.4) is 0 Å². The van der Waals surface area contributed by atoms with Crippen LogP contribution in [0.4, 0.5) is 0 Å². The maximum Gasteiger partial charge on any atom is 0.314 e. The molecule has 0 aromatic rings. The van der Waals surface area contributed by atoms with Gasteiger partial charge in [-0.2, -0.15) is 0 Å². The van der Waals surface area contributed by atoms with E-state index in [0.29, 0.717) is 19.3 Å². The molecule has 2 atom stereocenters. The zero-order chi connectivity index (χ0) is 11.8. The highest BCUT2D eigenvalue weighted by molar-refractivity contribution is 5.81.